The molecule has 7 heteroatoms. The maximum Gasteiger partial charge on any atom is 0.326 e. The van der Waals surface area contributed by atoms with Gasteiger partial charge in [0.05, 0.1) is 13.2 Å². The molecule has 1 rings (SSSR count). The quantitative estimate of drug-likeness (QED) is 0.469. The van der Waals surface area contributed by atoms with Crippen LogP contribution >= 0.6 is 15.9 Å². The second-order valence-electron chi connectivity index (χ2n) is 3.44. The van der Waals surface area contributed by atoms with E-state index in [1.807, 2.05) is 0 Å². The number of hydrogen-bond donors (Lipinski definition) is 0. The third kappa shape index (κ3) is 3.99. The first kappa shape index (κ1) is 15.6. The number of aromatic nitrogens is 1. The molecule has 0 fully saturated rings. The highest BCUT2D eigenvalue weighted by Crippen LogP contribution is 2.22. The summed E-state index contributed by atoms with van der Waals surface area (Å²) in [4.78, 5) is 27.4. The molecule has 0 N–H and O–H groups in total. The molecule has 19 heavy (non-hydrogen) atoms. The molecular formula is C12H13BrFNO4. The predicted molar refractivity (Wildman–Crippen MR) is 67.9 cm³/mol. The highest BCUT2D eigenvalue weighted by atomic mass is 79.9. The molecule has 0 aliphatic heterocycles. The van der Waals surface area contributed by atoms with Crippen molar-refractivity contribution in [3.05, 3.63) is 28.2 Å². The first-order valence-electron chi connectivity index (χ1n) is 5.66. The molecule has 0 aromatic carbocycles. The van der Waals surface area contributed by atoms with E-state index in [0.717, 1.165) is 6.07 Å². The van der Waals surface area contributed by atoms with Gasteiger partial charge in [-0.25, -0.2) is 9.37 Å². The van der Waals surface area contributed by atoms with Crippen LogP contribution in [-0.2, 0) is 19.1 Å². The average molecular weight is 334 g/mol. The molecule has 5 nitrogen and oxygen atoms in total. The van der Waals surface area contributed by atoms with Crippen molar-refractivity contribution in [1.82, 2.24) is 4.98 Å². The van der Waals surface area contributed by atoms with Gasteiger partial charge in [-0.15, -0.1) is 0 Å². The SMILES string of the molecule is CCOC(=O)C(C(=O)OCC)c1nc(Br)ccc1F. The van der Waals surface area contributed by atoms with Gasteiger partial charge in [0.15, 0.2) is 5.92 Å². The molecule has 1 aromatic heterocycles. The summed E-state index contributed by atoms with van der Waals surface area (Å²) in [5.41, 5.74) is -0.314. The maximum atomic E-state index is 13.7. The van der Waals surface area contributed by atoms with E-state index in [1.165, 1.54) is 6.07 Å². The van der Waals surface area contributed by atoms with E-state index in [0.29, 0.717) is 4.60 Å². The van der Waals surface area contributed by atoms with Crippen molar-refractivity contribution >= 4 is 27.9 Å². The Balaban J connectivity index is 3.18. The number of hydrogen-bond acceptors (Lipinski definition) is 5. The summed E-state index contributed by atoms with van der Waals surface area (Å²) >= 11 is 3.06. The number of carbonyl (C=O) groups excluding carboxylic acids is 2. The van der Waals surface area contributed by atoms with Gasteiger partial charge in [0.25, 0.3) is 0 Å². The first-order valence-corrected chi connectivity index (χ1v) is 6.45. The average Bonchev–Trinajstić information content (AvgIpc) is 2.34. The number of halogens is 2. The summed E-state index contributed by atoms with van der Waals surface area (Å²) < 4.78 is 23.5. The van der Waals surface area contributed by atoms with Crippen LogP contribution in [0.5, 0.6) is 0 Å². The second-order valence-corrected chi connectivity index (χ2v) is 4.25. The van der Waals surface area contributed by atoms with Crippen LogP contribution in [-0.4, -0.2) is 30.1 Å². The van der Waals surface area contributed by atoms with Crippen molar-refractivity contribution in [3.63, 3.8) is 0 Å². The summed E-state index contributed by atoms with van der Waals surface area (Å²) in [7, 11) is 0. The van der Waals surface area contributed by atoms with Crippen LogP contribution in [0.25, 0.3) is 0 Å². The Labute approximate surface area is 118 Å². The Morgan fingerprint density at radius 3 is 2.26 bits per heavy atom. The topological polar surface area (TPSA) is 65.5 Å². The number of carbonyl (C=O) groups is 2. The maximum absolute atomic E-state index is 13.7. The van der Waals surface area contributed by atoms with Gasteiger partial charge in [0.1, 0.15) is 16.1 Å². The van der Waals surface area contributed by atoms with E-state index >= 15 is 0 Å². The van der Waals surface area contributed by atoms with Gasteiger partial charge in [0.2, 0.25) is 0 Å². The molecule has 0 saturated carbocycles. The Morgan fingerprint density at radius 2 is 1.79 bits per heavy atom. The van der Waals surface area contributed by atoms with Gasteiger partial charge < -0.3 is 9.47 Å². The van der Waals surface area contributed by atoms with Gasteiger partial charge in [-0.1, -0.05) is 0 Å². The number of pyridine rings is 1. The zero-order chi connectivity index (χ0) is 14.4. The fourth-order valence-electron chi connectivity index (χ4n) is 1.41. The monoisotopic (exact) mass is 333 g/mol. The Morgan fingerprint density at radius 1 is 1.26 bits per heavy atom. The van der Waals surface area contributed by atoms with Crippen LogP contribution in [0.4, 0.5) is 4.39 Å². The van der Waals surface area contributed by atoms with Crippen molar-refractivity contribution in [2.45, 2.75) is 19.8 Å². The molecule has 0 aliphatic rings. The Kier molecular flexibility index (Phi) is 5.88. The second kappa shape index (κ2) is 7.18. The Hall–Kier alpha value is -1.50. The lowest BCUT2D eigenvalue weighted by atomic mass is 10.0. The molecule has 0 spiro atoms. The minimum atomic E-state index is -1.52. The van der Waals surface area contributed by atoms with Crippen LogP contribution in [0.2, 0.25) is 0 Å². The lowest BCUT2D eigenvalue weighted by Gasteiger charge is -2.14. The lowest BCUT2D eigenvalue weighted by Crippen LogP contribution is -2.28. The van der Waals surface area contributed by atoms with E-state index in [9.17, 15) is 14.0 Å². The van der Waals surface area contributed by atoms with Crippen LogP contribution < -0.4 is 0 Å². The smallest absolute Gasteiger partial charge is 0.326 e. The standard InChI is InChI=1S/C12H13BrFNO4/c1-3-18-11(16)9(12(17)19-4-2)10-7(14)5-6-8(13)15-10/h5-6,9H,3-4H2,1-2H3. The van der Waals surface area contributed by atoms with E-state index in [4.69, 9.17) is 9.47 Å². The molecule has 0 atom stereocenters. The first-order chi connectivity index (χ1) is 9.01. The van der Waals surface area contributed by atoms with Gasteiger partial charge in [0, 0.05) is 0 Å². The number of nitrogens with zero attached hydrogens (tertiary/aromatic N) is 1. The molecule has 0 radical (unpaired) electrons. The molecule has 0 saturated heterocycles. The van der Waals surface area contributed by atoms with Crippen LogP contribution in [0.15, 0.2) is 16.7 Å². The fourth-order valence-corrected chi connectivity index (χ4v) is 1.73. The minimum Gasteiger partial charge on any atom is -0.465 e. The minimum absolute atomic E-state index is 0.0738. The lowest BCUT2D eigenvalue weighted by molar-refractivity contribution is -0.157. The van der Waals surface area contributed by atoms with Crippen LogP contribution in [0.3, 0.4) is 0 Å². The van der Waals surface area contributed by atoms with E-state index in [1.54, 1.807) is 13.8 Å². The van der Waals surface area contributed by atoms with Crippen LogP contribution in [0.1, 0.15) is 25.5 Å². The molecule has 1 aromatic rings. The molecule has 104 valence electrons. The van der Waals surface area contributed by atoms with Crippen molar-refractivity contribution < 1.29 is 23.5 Å². The number of ether oxygens (including phenoxy) is 2. The van der Waals surface area contributed by atoms with Crippen molar-refractivity contribution in [2.24, 2.45) is 0 Å². The fraction of sp³-hybridized carbons (Fsp3) is 0.417. The van der Waals surface area contributed by atoms with Gasteiger partial charge in [-0.3, -0.25) is 9.59 Å². The zero-order valence-corrected chi connectivity index (χ0v) is 12.1. The van der Waals surface area contributed by atoms with Gasteiger partial charge in [-0.05, 0) is 41.9 Å². The molecule has 0 bridgehead atoms. The van der Waals surface area contributed by atoms with Crippen molar-refractivity contribution in [3.8, 4) is 0 Å². The van der Waals surface area contributed by atoms with Gasteiger partial charge >= 0.3 is 11.9 Å². The van der Waals surface area contributed by atoms with Gasteiger partial charge in [-0.2, -0.15) is 0 Å². The summed E-state index contributed by atoms with van der Waals surface area (Å²) in [6.45, 7) is 3.32. The third-order valence-corrected chi connectivity index (χ3v) is 2.60. The molecule has 0 amide bonds. The number of rotatable bonds is 5. The summed E-state index contributed by atoms with van der Waals surface area (Å²) in [5.74, 6) is -4.05. The molecule has 0 aliphatic carbocycles. The summed E-state index contributed by atoms with van der Waals surface area (Å²) in [5, 5.41) is 0. The van der Waals surface area contributed by atoms with E-state index in [2.05, 4.69) is 20.9 Å². The van der Waals surface area contributed by atoms with E-state index < -0.39 is 23.7 Å². The third-order valence-electron chi connectivity index (χ3n) is 2.16. The van der Waals surface area contributed by atoms with Crippen molar-refractivity contribution in [1.29, 1.82) is 0 Å². The van der Waals surface area contributed by atoms with E-state index in [-0.39, 0.29) is 18.9 Å². The highest BCUT2D eigenvalue weighted by Gasteiger charge is 2.35. The highest BCUT2D eigenvalue weighted by molar-refractivity contribution is 9.10. The molecular weight excluding hydrogens is 321 g/mol. The van der Waals surface area contributed by atoms with Crippen LogP contribution in [0, 0.1) is 5.82 Å². The normalized spacial score (nSPS) is 10.4. The predicted octanol–water partition coefficient (Wildman–Crippen LogP) is 2.19. The molecule has 1 heterocycles. The Bertz CT molecular complexity index is 463. The summed E-state index contributed by atoms with van der Waals surface area (Å²) in [6, 6.07) is 2.48. The summed E-state index contributed by atoms with van der Waals surface area (Å²) in [6.07, 6.45) is 0. The zero-order valence-electron chi connectivity index (χ0n) is 10.5. The molecule has 0 unspecified atom stereocenters. The number of esters is 2. The largest absolute Gasteiger partial charge is 0.465 e. The van der Waals surface area contributed by atoms with Crippen molar-refractivity contribution in [2.75, 3.05) is 13.2 Å².